The summed E-state index contributed by atoms with van der Waals surface area (Å²) in [6.07, 6.45) is -5.06. The van der Waals surface area contributed by atoms with Crippen LogP contribution in [0.2, 0.25) is 0 Å². The third-order valence-electron chi connectivity index (χ3n) is 4.90. The molecule has 1 saturated heterocycles. The SMILES string of the molecule is COc1cc(C(F)(F)F)ccc1[C@@H](C)NC(=O)C1CC(=O)NC(c2ccccc2)N1. The maximum Gasteiger partial charge on any atom is 0.416 e. The molecular formula is C21H22F3N3O3. The minimum absolute atomic E-state index is 0.0223. The maximum atomic E-state index is 12.9. The first kappa shape index (κ1) is 21.6. The van der Waals surface area contributed by atoms with E-state index in [2.05, 4.69) is 16.0 Å². The van der Waals surface area contributed by atoms with Crippen molar-refractivity contribution >= 4 is 11.8 Å². The van der Waals surface area contributed by atoms with Crippen molar-refractivity contribution in [1.29, 1.82) is 0 Å². The lowest BCUT2D eigenvalue weighted by atomic mass is 10.0. The van der Waals surface area contributed by atoms with Crippen molar-refractivity contribution in [3.05, 3.63) is 65.2 Å². The highest BCUT2D eigenvalue weighted by molar-refractivity contribution is 5.90. The number of carbonyl (C=O) groups is 2. The molecule has 0 spiro atoms. The van der Waals surface area contributed by atoms with Crippen molar-refractivity contribution in [3.63, 3.8) is 0 Å². The van der Waals surface area contributed by atoms with Gasteiger partial charge in [-0.25, -0.2) is 0 Å². The summed E-state index contributed by atoms with van der Waals surface area (Å²) in [7, 11) is 1.27. The molecule has 1 aliphatic heterocycles. The van der Waals surface area contributed by atoms with Crippen LogP contribution in [0.1, 0.15) is 42.2 Å². The fourth-order valence-corrected chi connectivity index (χ4v) is 3.34. The molecule has 160 valence electrons. The van der Waals surface area contributed by atoms with Gasteiger partial charge in [0.05, 0.1) is 31.2 Å². The Kier molecular flexibility index (Phi) is 6.31. The summed E-state index contributed by atoms with van der Waals surface area (Å²) in [5, 5.41) is 8.62. The number of benzene rings is 2. The van der Waals surface area contributed by atoms with Crippen LogP contribution in [0.3, 0.4) is 0 Å². The average Bonchev–Trinajstić information content (AvgIpc) is 2.72. The molecular weight excluding hydrogens is 399 g/mol. The maximum absolute atomic E-state index is 12.9. The summed E-state index contributed by atoms with van der Waals surface area (Å²) < 4.78 is 43.9. The second-order valence-corrected chi connectivity index (χ2v) is 7.02. The number of carbonyl (C=O) groups excluding carboxylic acids is 2. The van der Waals surface area contributed by atoms with Crippen LogP contribution in [0.4, 0.5) is 13.2 Å². The van der Waals surface area contributed by atoms with Crippen LogP contribution in [0.15, 0.2) is 48.5 Å². The van der Waals surface area contributed by atoms with Crippen molar-refractivity contribution in [2.75, 3.05) is 7.11 Å². The van der Waals surface area contributed by atoms with Crippen LogP contribution in [-0.4, -0.2) is 25.0 Å². The Morgan fingerprint density at radius 3 is 2.53 bits per heavy atom. The number of amides is 2. The number of halogens is 3. The second-order valence-electron chi connectivity index (χ2n) is 7.02. The van der Waals surface area contributed by atoms with Crippen LogP contribution >= 0.6 is 0 Å². The van der Waals surface area contributed by atoms with Crippen LogP contribution in [0.5, 0.6) is 5.75 Å². The number of methoxy groups -OCH3 is 1. The normalized spacial score (nSPS) is 20.2. The molecule has 3 N–H and O–H groups in total. The monoisotopic (exact) mass is 421 g/mol. The van der Waals surface area contributed by atoms with E-state index >= 15 is 0 Å². The van der Waals surface area contributed by atoms with Gasteiger partial charge in [-0.1, -0.05) is 36.4 Å². The van der Waals surface area contributed by atoms with Gasteiger partial charge >= 0.3 is 6.18 Å². The van der Waals surface area contributed by atoms with E-state index in [4.69, 9.17) is 4.74 Å². The van der Waals surface area contributed by atoms with Gasteiger partial charge in [-0.05, 0) is 24.6 Å². The number of ether oxygens (including phenoxy) is 1. The molecule has 2 unspecified atom stereocenters. The Balaban J connectivity index is 1.73. The molecule has 3 rings (SSSR count). The number of hydrogen-bond donors (Lipinski definition) is 3. The standard InChI is InChI=1S/C21H22F3N3O3/c1-12(15-9-8-14(21(22,23)24)10-17(15)30-2)25-20(29)16-11-18(28)27-19(26-16)13-6-4-3-5-7-13/h3-10,12,16,19,26H,11H2,1-2H3,(H,25,29)(H,27,28)/t12-,16?,19?/m1/s1. The van der Waals surface area contributed by atoms with Crippen molar-refractivity contribution in [3.8, 4) is 5.75 Å². The Hall–Kier alpha value is -3.07. The topological polar surface area (TPSA) is 79.5 Å². The summed E-state index contributed by atoms with van der Waals surface area (Å²) in [5.41, 5.74) is 0.373. The lowest BCUT2D eigenvalue weighted by Crippen LogP contribution is -2.56. The zero-order chi connectivity index (χ0) is 21.9. The molecule has 3 atom stereocenters. The van der Waals surface area contributed by atoms with Crippen molar-refractivity contribution in [2.45, 2.75) is 37.8 Å². The van der Waals surface area contributed by atoms with Gasteiger partial charge < -0.3 is 15.4 Å². The van der Waals surface area contributed by atoms with E-state index in [1.54, 1.807) is 6.92 Å². The van der Waals surface area contributed by atoms with E-state index in [0.29, 0.717) is 5.56 Å². The Morgan fingerprint density at radius 1 is 1.20 bits per heavy atom. The summed E-state index contributed by atoms with van der Waals surface area (Å²) >= 11 is 0. The molecule has 0 aromatic heterocycles. The smallest absolute Gasteiger partial charge is 0.416 e. The molecule has 2 aromatic rings. The molecule has 2 amide bonds. The van der Waals surface area contributed by atoms with Gasteiger partial charge in [0.25, 0.3) is 0 Å². The molecule has 1 aliphatic rings. The first-order chi connectivity index (χ1) is 14.2. The number of nitrogens with one attached hydrogen (secondary N) is 3. The van der Waals surface area contributed by atoms with Crippen LogP contribution in [-0.2, 0) is 15.8 Å². The molecule has 9 heteroatoms. The summed E-state index contributed by atoms with van der Waals surface area (Å²) in [6, 6.07) is 10.9. The Bertz CT molecular complexity index is 919. The van der Waals surface area contributed by atoms with Crippen LogP contribution in [0, 0.1) is 0 Å². The van der Waals surface area contributed by atoms with E-state index in [1.165, 1.54) is 13.2 Å². The van der Waals surface area contributed by atoms with Gasteiger partial charge in [0.15, 0.2) is 0 Å². The fraction of sp³-hybridized carbons (Fsp3) is 0.333. The van der Waals surface area contributed by atoms with E-state index < -0.39 is 35.9 Å². The Morgan fingerprint density at radius 2 is 1.90 bits per heavy atom. The minimum atomic E-state index is -4.50. The first-order valence-electron chi connectivity index (χ1n) is 9.35. The lowest BCUT2D eigenvalue weighted by Gasteiger charge is -2.32. The lowest BCUT2D eigenvalue weighted by molar-refractivity contribution is -0.137. The van der Waals surface area contributed by atoms with Gasteiger partial charge in [-0.3, -0.25) is 14.9 Å². The highest BCUT2D eigenvalue weighted by atomic mass is 19.4. The molecule has 0 saturated carbocycles. The number of rotatable bonds is 5. The molecule has 2 aromatic carbocycles. The highest BCUT2D eigenvalue weighted by Crippen LogP contribution is 2.35. The van der Waals surface area contributed by atoms with Crippen molar-refractivity contribution < 1.29 is 27.5 Å². The highest BCUT2D eigenvalue weighted by Gasteiger charge is 2.34. The molecule has 30 heavy (non-hydrogen) atoms. The molecule has 1 fully saturated rings. The van der Waals surface area contributed by atoms with Crippen LogP contribution < -0.4 is 20.7 Å². The van der Waals surface area contributed by atoms with E-state index in [0.717, 1.165) is 17.7 Å². The summed E-state index contributed by atoms with van der Waals surface area (Å²) in [4.78, 5) is 24.8. The molecule has 0 aliphatic carbocycles. The summed E-state index contributed by atoms with van der Waals surface area (Å²) in [6.45, 7) is 1.64. The zero-order valence-corrected chi connectivity index (χ0v) is 16.4. The van der Waals surface area contributed by atoms with Gasteiger partial charge in [-0.15, -0.1) is 0 Å². The number of hydrogen-bond acceptors (Lipinski definition) is 4. The molecule has 6 nitrogen and oxygen atoms in total. The third-order valence-corrected chi connectivity index (χ3v) is 4.90. The number of alkyl halides is 3. The largest absolute Gasteiger partial charge is 0.496 e. The van der Waals surface area contributed by atoms with Gasteiger partial charge in [0, 0.05) is 5.56 Å². The zero-order valence-electron chi connectivity index (χ0n) is 16.4. The third kappa shape index (κ3) is 4.91. The van der Waals surface area contributed by atoms with Gasteiger partial charge in [0.2, 0.25) is 11.8 Å². The van der Waals surface area contributed by atoms with E-state index in [1.807, 2.05) is 30.3 Å². The van der Waals surface area contributed by atoms with Crippen molar-refractivity contribution in [2.24, 2.45) is 0 Å². The van der Waals surface area contributed by atoms with E-state index in [9.17, 15) is 22.8 Å². The minimum Gasteiger partial charge on any atom is -0.496 e. The van der Waals surface area contributed by atoms with E-state index in [-0.39, 0.29) is 18.1 Å². The predicted octanol–water partition coefficient (Wildman–Crippen LogP) is 3.07. The second kappa shape index (κ2) is 8.74. The average molecular weight is 421 g/mol. The van der Waals surface area contributed by atoms with Crippen LogP contribution in [0.25, 0.3) is 0 Å². The molecule has 0 bridgehead atoms. The van der Waals surface area contributed by atoms with Crippen molar-refractivity contribution in [1.82, 2.24) is 16.0 Å². The fourth-order valence-electron chi connectivity index (χ4n) is 3.34. The Labute approximate surface area is 171 Å². The van der Waals surface area contributed by atoms with Gasteiger partial charge in [0.1, 0.15) is 11.9 Å². The molecule has 1 heterocycles. The predicted molar refractivity (Wildman–Crippen MR) is 103 cm³/mol. The molecule has 0 radical (unpaired) electrons. The van der Waals surface area contributed by atoms with Gasteiger partial charge in [-0.2, -0.15) is 13.2 Å². The quantitative estimate of drug-likeness (QED) is 0.693. The first-order valence-corrected chi connectivity index (χ1v) is 9.35. The summed E-state index contributed by atoms with van der Waals surface area (Å²) in [5.74, 6) is -0.683.